The monoisotopic (exact) mass is 234 g/mol. The number of hydrogen-bond acceptors (Lipinski definition) is 4. The Balaban J connectivity index is 1.90. The second-order valence-electron chi connectivity index (χ2n) is 4.90. The normalized spacial score (nSPS) is 17.1. The molecule has 2 rings (SSSR count). The van der Waals surface area contributed by atoms with E-state index in [9.17, 15) is 4.79 Å². The van der Waals surface area contributed by atoms with E-state index in [1.165, 1.54) is 19.3 Å². The van der Waals surface area contributed by atoms with Crippen LogP contribution < -0.4 is 10.6 Å². The van der Waals surface area contributed by atoms with E-state index in [0.29, 0.717) is 11.5 Å². The van der Waals surface area contributed by atoms with Gasteiger partial charge in [0.15, 0.2) is 5.69 Å². The molecular formula is C12H18N4O. The Bertz CT molecular complexity index is 397. The molecule has 5 nitrogen and oxygen atoms in total. The zero-order chi connectivity index (χ0) is 12.3. The standard InChI is InChI=1S/C12H18N4O/c1-12(6-3-7-12)8-14-11(17)9-4-5-10(13-2)16-15-9/h4-5H,3,6-8H2,1-2H3,(H,13,16)(H,14,17). The fraction of sp³-hybridized carbons (Fsp3) is 0.583. The number of rotatable bonds is 4. The molecule has 0 aliphatic heterocycles. The molecule has 1 heterocycles. The summed E-state index contributed by atoms with van der Waals surface area (Å²) in [5, 5.41) is 13.5. The van der Waals surface area contributed by atoms with Crippen molar-refractivity contribution in [3.63, 3.8) is 0 Å². The third-order valence-electron chi connectivity index (χ3n) is 3.39. The van der Waals surface area contributed by atoms with Crippen molar-refractivity contribution in [1.29, 1.82) is 0 Å². The van der Waals surface area contributed by atoms with Crippen molar-refractivity contribution in [2.75, 3.05) is 18.9 Å². The molecule has 1 aromatic heterocycles. The minimum Gasteiger partial charge on any atom is -0.372 e. The van der Waals surface area contributed by atoms with E-state index in [1.54, 1.807) is 19.2 Å². The van der Waals surface area contributed by atoms with Crippen LogP contribution in [0.15, 0.2) is 12.1 Å². The molecule has 1 saturated carbocycles. The van der Waals surface area contributed by atoms with E-state index in [4.69, 9.17) is 0 Å². The summed E-state index contributed by atoms with van der Waals surface area (Å²) in [7, 11) is 1.77. The number of nitrogens with zero attached hydrogens (tertiary/aromatic N) is 2. The van der Waals surface area contributed by atoms with E-state index in [2.05, 4.69) is 27.8 Å². The largest absolute Gasteiger partial charge is 0.372 e. The first-order chi connectivity index (χ1) is 8.13. The highest BCUT2D eigenvalue weighted by atomic mass is 16.1. The van der Waals surface area contributed by atoms with Crippen molar-refractivity contribution in [3.05, 3.63) is 17.8 Å². The lowest BCUT2D eigenvalue weighted by Gasteiger charge is -2.38. The number of amides is 1. The van der Waals surface area contributed by atoms with Crippen LogP contribution in [0.2, 0.25) is 0 Å². The molecule has 0 aromatic carbocycles. The first-order valence-corrected chi connectivity index (χ1v) is 5.93. The Morgan fingerprint density at radius 2 is 2.18 bits per heavy atom. The van der Waals surface area contributed by atoms with Crippen LogP contribution in [-0.2, 0) is 0 Å². The molecule has 0 spiro atoms. The zero-order valence-electron chi connectivity index (χ0n) is 10.3. The van der Waals surface area contributed by atoms with Crippen molar-refractivity contribution < 1.29 is 4.79 Å². The summed E-state index contributed by atoms with van der Waals surface area (Å²) in [5.74, 6) is 0.515. The lowest BCUT2D eigenvalue weighted by atomic mass is 9.70. The third-order valence-corrected chi connectivity index (χ3v) is 3.39. The van der Waals surface area contributed by atoms with Gasteiger partial charge in [-0.1, -0.05) is 13.3 Å². The Kier molecular flexibility index (Phi) is 3.26. The summed E-state index contributed by atoms with van der Waals surface area (Å²) in [6.45, 7) is 2.92. The fourth-order valence-corrected chi connectivity index (χ4v) is 1.93. The molecule has 0 unspecified atom stereocenters. The maximum Gasteiger partial charge on any atom is 0.271 e. The number of aromatic nitrogens is 2. The lowest BCUT2D eigenvalue weighted by Crippen LogP contribution is -2.40. The summed E-state index contributed by atoms with van der Waals surface area (Å²) in [5.41, 5.74) is 0.653. The third kappa shape index (κ3) is 2.72. The summed E-state index contributed by atoms with van der Waals surface area (Å²) >= 11 is 0. The van der Waals surface area contributed by atoms with Crippen molar-refractivity contribution in [2.24, 2.45) is 5.41 Å². The first-order valence-electron chi connectivity index (χ1n) is 5.93. The molecule has 17 heavy (non-hydrogen) atoms. The molecule has 0 atom stereocenters. The molecular weight excluding hydrogens is 216 g/mol. The number of carbonyl (C=O) groups excluding carboxylic acids is 1. The molecule has 2 N–H and O–H groups in total. The number of carbonyl (C=O) groups is 1. The molecule has 1 aromatic rings. The smallest absolute Gasteiger partial charge is 0.271 e. The average molecular weight is 234 g/mol. The van der Waals surface area contributed by atoms with Crippen molar-refractivity contribution in [2.45, 2.75) is 26.2 Å². The molecule has 1 aliphatic carbocycles. The molecule has 5 heteroatoms. The Morgan fingerprint density at radius 1 is 1.41 bits per heavy atom. The van der Waals surface area contributed by atoms with Crippen LogP contribution in [0.5, 0.6) is 0 Å². The van der Waals surface area contributed by atoms with Gasteiger partial charge in [0.25, 0.3) is 5.91 Å². The summed E-state index contributed by atoms with van der Waals surface area (Å²) in [4.78, 5) is 11.8. The van der Waals surface area contributed by atoms with Gasteiger partial charge < -0.3 is 10.6 Å². The van der Waals surface area contributed by atoms with Crippen molar-refractivity contribution in [1.82, 2.24) is 15.5 Å². The molecule has 0 saturated heterocycles. The molecule has 1 fully saturated rings. The van der Waals surface area contributed by atoms with Gasteiger partial charge in [-0.2, -0.15) is 0 Å². The quantitative estimate of drug-likeness (QED) is 0.827. The van der Waals surface area contributed by atoms with Gasteiger partial charge in [-0.05, 0) is 30.4 Å². The molecule has 1 aliphatic rings. The van der Waals surface area contributed by atoms with Crippen LogP contribution >= 0.6 is 0 Å². The van der Waals surface area contributed by atoms with Crippen molar-refractivity contribution >= 4 is 11.7 Å². The van der Waals surface area contributed by atoms with E-state index < -0.39 is 0 Å². The van der Waals surface area contributed by atoms with Gasteiger partial charge in [-0.3, -0.25) is 4.79 Å². The summed E-state index contributed by atoms with van der Waals surface area (Å²) < 4.78 is 0. The number of nitrogens with one attached hydrogen (secondary N) is 2. The maximum absolute atomic E-state index is 11.8. The van der Waals surface area contributed by atoms with Crippen molar-refractivity contribution in [3.8, 4) is 0 Å². The summed E-state index contributed by atoms with van der Waals surface area (Å²) in [6.07, 6.45) is 3.65. The lowest BCUT2D eigenvalue weighted by molar-refractivity contribution is 0.0885. The van der Waals surface area contributed by atoms with Gasteiger partial charge in [0.2, 0.25) is 0 Å². The Hall–Kier alpha value is -1.65. The molecule has 1 amide bonds. The van der Waals surface area contributed by atoms with Gasteiger partial charge in [-0.15, -0.1) is 10.2 Å². The average Bonchev–Trinajstić information content (AvgIpc) is 2.33. The highest BCUT2D eigenvalue weighted by Gasteiger charge is 2.32. The van der Waals surface area contributed by atoms with Gasteiger partial charge >= 0.3 is 0 Å². The predicted octanol–water partition coefficient (Wildman–Crippen LogP) is 1.44. The second kappa shape index (κ2) is 4.69. The van der Waals surface area contributed by atoms with Gasteiger partial charge in [0.05, 0.1) is 0 Å². The van der Waals surface area contributed by atoms with Crippen LogP contribution in [0.4, 0.5) is 5.82 Å². The number of hydrogen-bond donors (Lipinski definition) is 2. The van der Waals surface area contributed by atoms with Crippen LogP contribution in [0.3, 0.4) is 0 Å². The Morgan fingerprint density at radius 3 is 2.65 bits per heavy atom. The molecule has 0 radical (unpaired) electrons. The van der Waals surface area contributed by atoms with Crippen LogP contribution in [0.25, 0.3) is 0 Å². The first kappa shape index (κ1) is 11.8. The van der Waals surface area contributed by atoms with Crippen LogP contribution in [0.1, 0.15) is 36.7 Å². The predicted molar refractivity (Wildman–Crippen MR) is 65.9 cm³/mol. The second-order valence-corrected chi connectivity index (χ2v) is 4.90. The minimum atomic E-state index is -0.145. The topological polar surface area (TPSA) is 66.9 Å². The van der Waals surface area contributed by atoms with Gasteiger partial charge in [0, 0.05) is 13.6 Å². The van der Waals surface area contributed by atoms with Crippen LogP contribution in [-0.4, -0.2) is 29.7 Å². The van der Waals surface area contributed by atoms with E-state index in [-0.39, 0.29) is 11.3 Å². The highest BCUT2D eigenvalue weighted by Crippen LogP contribution is 2.39. The van der Waals surface area contributed by atoms with Gasteiger partial charge in [-0.25, -0.2) is 0 Å². The maximum atomic E-state index is 11.8. The van der Waals surface area contributed by atoms with Gasteiger partial charge in [0.1, 0.15) is 5.82 Å². The van der Waals surface area contributed by atoms with Crippen LogP contribution in [0, 0.1) is 5.41 Å². The van der Waals surface area contributed by atoms with E-state index in [0.717, 1.165) is 6.54 Å². The molecule has 92 valence electrons. The molecule has 0 bridgehead atoms. The Labute approximate surface area is 101 Å². The van der Waals surface area contributed by atoms with E-state index in [1.807, 2.05) is 0 Å². The fourth-order valence-electron chi connectivity index (χ4n) is 1.93. The SMILES string of the molecule is CNc1ccc(C(=O)NCC2(C)CCC2)nn1. The number of anilines is 1. The highest BCUT2D eigenvalue weighted by molar-refractivity contribution is 5.92. The summed E-state index contributed by atoms with van der Waals surface area (Å²) in [6, 6.07) is 3.42. The van der Waals surface area contributed by atoms with E-state index >= 15 is 0 Å². The zero-order valence-corrected chi connectivity index (χ0v) is 10.3. The minimum absolute atomic E-state index is 0.145.